The number of ether oxygens (including phenoxy) is 1. The summed E-state index contributed by atoms with van der Waals surface area (Å²) in [4.78, 5) is 29.9. The summed E-state index contributed by atoms with van der Waals surface area (Å²) in [5.74, 6) is 0.303. The first-order valence-electron chi connectivity index (χ1n) is 10.9. The van der Waals surface area contributed by atoms with Gasteiger partial charge in [-0.1, -0.05) is 49.1 Å². The topological polar surface area (TPSA) is 61.9 Å². The molecule has 0 unspecified atom stereocenters. The fourth-order valence-corrected chi connectivity index (χ4v) is 4.69. The van der Waals surface area contributed by atoms with Crippen LogP contribution in [0.5, 0.6) is 0 Å². The Bertz CT molecular complexity index is 692. The Morgan fingerprint density at radius 2 is 1.83 bits per heavy atom. The number of nitrogens with zero attached hydrogens (tertiary/aromatic N) is 2. The standard InChI is InChI=1S/C23H35N3O3/c1-19-7-6-8-20(17-19)23(9-4-3-5-10-23)22(28)26-14-12-25(13-15-26)18-21(27)24-11-16-29-2/h6-8,17H,3-5,9-16,18H2,1-2H3,(H,24,27). The highest BCUT2D eigenvalue weighted by Gasteiger charge is 2.44. The lowest BCUT2D eigenvalue weighted by molar-refractivity contribution is -0.140. The Morgan fingerprint density at radius 1 is 1.10 bits per heavy atom. The van der Waals surface area contributed by atoms with Gasteiger partial charge in [0.15, 0.2) is 0 Å². The van der Waals surface area contributed by atoms with E-state index in [9.17, 15) is 9.59 Å². The average Bonchev–Trinajstić information content (AvgIpc) is 2.74. The molecule has 1 saturated heterocycles. The Balaban J connectivity index is 1.61. The molecule has 0 atom stereocenters. The quantitative estimate of drug-likeness (QED) is 0.711. The third-order valence-electron chi connectivity index (χ3n) is 6.34. The van der Waals surface area contributed by atoms with Crippen LogP contribution in [0.1, 0.15) is 43.2 Å². The number of rotatable bonds is 7. The molecule has 0 aromatic heterocycles. The summed E-state index contributed by atoms with van der Waals surface area (Å²) in [6.45, 7) is 6.41. The molecule has 1 saturated carbocycles. The molecular weight excluding hydrogens is 366 g/mol. The molecule has 2 fully saturated rings. The molecule has 1 aromatic rings. The molecule has 2 aliphatic rings. The van der Waals surface area contributed by atoms with E-state index in [0.29, 0.717) is 32.8 Å². The lowest BCUT2D eigenvalue weighted by atomic mass is 9.68. The van der Waals surface area contributed by atoms with E-state index in [1.165, 1.54) is 17.5 Å². The molecule has 1 N–H and O–H groups in total. The van der Waals surface area contributed by atoms with Crippen LogP contribution in [0.2, 0.25) is 0 Å². The maximum atomic E-state index is 13.7. The third kappa shape index (κ3) is 5.37. The van der Waals surface area contributed by atoms with E-state index < -0.39 is 0 Å². The number of benzene rings is 1. The number of nitrogens with one attached hydrogen (secondary N) is 1. The molecule has 6 nitrogen and oxygen atoms in total. The second-order valence-corrected chi connectivity index (χ2v) is 8.42. The minimum absolute atomic E-state index is 0.0188. The number of aryl methyl sites for hydroxylation is 1. The van der Waals surface area contributed by atoms with Crippen molar-refractivity contribution in [3.8, 4) is 0 Å². The van der Waals surface area contributed by atoms with Gasteiger partial charge in [-0.3, -0.25) is 14.5 Å². The number of piperazine rings is 1. The van der Waals surface area contributed by atoms with E-state index >= 15 is 0 Å². The Kier molecular flexibility index (Phi) is 7.67. The number of carbonyl (C=O) groups excluding carboxylic acids is 2. The van der Waals surface area contributed by atoms with E-state index in [0.717, 1.165) is 38.8 Å². The maximum Gasteiger partial charge on any atom is 0.234 e. The van der Waals surface area contributed by atoms with Crippen molar-refractivity contribution in [3.63, 3.8) is 0 Å². The smallest absolute Gasteiger partial charge is 0.234 e. The van der Waals surface area contributed by atoms with Crippen molar-refractivity contribution in [1.82, 2.24) is 15.1 Å². The summed E-state index contributed by atoms with van der Waals surface area (Å²) in [6.07, 6.45) is 5.32. The molecule has 0 spiro atoms. The lowest BCUT2D eigenvalue weighted by Gasteiger charge is -2.43. The second kappa shape index (κ2) is 10.2. The summed E-state index contributed by atoms with van der Waals surface area (Å²) < 4.78 is 4.96. The molecule has 2 amide bonds. The first-order chi connectivity index (χ1) is 14.0. The fraction of sp³-hybridized carbons (Fsp3) is 0.652. The molecule has 6 heteroatoms. The van der Waals surface area contributed by atoms with Crippen LogP contribution in [-0.2, 0) is 19.7 Å². The van der Waals surface area contributed by atoms with Gasteiger partial charge in [0.05, 0.1) is 18.6 Å². The van der Waals surface area contributed by atoms with Gasteiger partial charge in [-0.25, -0.2) is 0 Å². The number of carbonyl (C=O) groups is 2. The van der Waals surface area contributed by atoms with Crippen LogP contribution in [0.25, 0.3) is 0 Å². The number of amides is 2. The van der Waals surface area contributed by atoms with Gasteiger partial charge in [-0.2, -0.15) is 0 Å². The predicted octanol–water partition coefficient (Wildman–Crippen LogP) is 2.10. The van der Waals surface area contributed by atoms with Crippen LogP contribution in [0.15, 0.2) is 24.3 Å². The van der Waals surface area contributed by atoms with Gasteiger partial charge in [0, 0.05) is 39.8 Å². The van der Waals surface area contributed by atoms with Gasteiger partial charge in [-0.15, -0.1) is 0 Å². The van der Waals surface area contributed by atoms with Crippen molar-refractivity contribution < 1.29 is 14.3 Å². The van der Waals surface area contributed by atoms with E-state index in [1.807, 2.05) is 4.90 Å². The normalized spacial score (nSPS) is 19.7. The zero-order valence-corrected chi connectivity index (χ0v) is 17.9. The van der Waals surface area contributed by atoms with Crippen LogP contribution < -0.4 is 5.32 Å². The first kappa shape index (κ1) is 21.8. The van der Waals surface area contributed by atoms with Crippen molar-refractivity contribution in [2.45, 2.75) is 44.4 Å². The van der Waals surface area contributed by atoms with Crippen LogP contribution in [0.3, 0.4) is 0 Å². The minimum Gasteiger partial charge on any atom is -0.383 e. The van der Waals surface area contributed by atoms with E-state index in [2.05, 4.69) is 41.4 Å². The number of hydrogen-bond acceptors (Lipinski definition) is 4. The van der Waals surface area contributed by atoms with Gasteiger partial charge >= 0.3 is 0 Å². The van der Waals surface area contributed by atoms with Gasteiger partial charge < -0.3 is 15.0 Å². The van der Waals surface area contributed by atoms with Crippen molar-refractivity contribution in [1.29, 1.82) is 0 Å². The summed E-state index contributed by atoms with van der Waals surface area (Å²) in [5.41, 5.74) is 2.02. The summed E-state index contributed by atoms with van der Waals surface area (Å²) in [7, 11) is 1.62. The van der Waals surface area contributed by atoms with Crippen LogP contribution in [-0.4, -0.2) is 74.6 Å². The van der Waals surface area contributed by atoms with Crippen molar-refractivity contribution in [3.05, 3.63) is 35.4 Å². The Labute approximate surface area is 174 Å². The monoisotopic (exact) mass is 401 g/mol. The molecule has 1 aromatic carbocycles. The molecule has 1 heterocycles. The molecule has 1 aliphatic heterocycles. The summed E-state index contributed by atoms with van der Waals surface area (Å²) >= 11 is 0. The van der Waals surface area contributed by atoms with Gasteiger partial charge in [-0.05, 0) is 25.3 Å². The molecular formula is C23H35N3O3. The van der Waals surface area contributed by atoms with Crippen LogP contribution >= 0.6 is 0 Å². The average molecular weight is 402 g/mol. The maximum absolute atomic E-state index is 13.7. The van der Waals surface area contributed by atoms with Gasteiger partial charge in [0.1, 0.15) is 0 Å². The Morgan fingerprint density at radius 3 is 2.48 bits per heavy atom. The first-order valence-corrected chi connectivity index (χ1v) is 10.9. The SMILES string of the molecule is COCCNC(=O)CN1CCN(C(=O)C2(c3cccc(C)c3)CCCCC2)CC1. The van der Waals surface area contributed by atoms with Crippen molar-refractivity contribution in [2.75, 3.05) is 53.0 Å². The highest BCUT2D eigenvalue weighted by atomic mass is 16.5. The lowest BCUT2D eigenvalue weighted by Crippen LogP contribution is -2.56. The van der Waals surface area contributed by atoms with E-state index in [4.69, 9.17) is 4.74 Å². The van der Waals surface area contributed by atoms with Crippen molar-refractivity contribution >= 4 is 11.8 Å². The van der Waals surface area contributed by atoms with E-state index in [-0.39, 0.29) is 17.2 Å². The number of hydrogen-bond donors (Lipinski definition) is 1. The predicted molar refractivity (Wildman–Crippen MR) is 114 cm³/mol. The van der Waals surface area contributed by atoms with Gasteiger partial charge in [0.2, 0.25) is 11.8 Å². The Hall–Kier alpha value is -1.92. The molecule has 160 valence electrons. The van der Waals surface area contributed by atoms with E-state index in [1.54, 1.807) is 7.11 Å². The highest BCUT2D eigenvalue weighted by Crippen LogP contribution is 2.41. The van der Waals surface area contributed by atoms with Crippen LogP contribution in [0.4, 0.5) is 0 Å². The summed E-state index contributed by atoms with van der Waals surface area (Å²) in [6, 6.07) is 8.51. The zero-order chi connectivity index (χ0) is 20.7. The minimum atomic E-state index is -0.371. The van der Waals surface area contributed by atoms with Crippen molar-refractivity contribution in [2.24, 2.45) is 0 Å². The number of methoxy groups -OCH3 is 1. The fourth-order valence-electron chi connectivity index (χ4n) is 4.69. The summed E-state index contributed by atoms with van der Waals surface area (Å²) in [5, 5.41) is 2.86. The largest absolute Gasteiger partial charge is 0.383 e. The molecule has 29 heavy (non-hydrogen) atoms. The molecule has 1 aliphatic carbocycles. The highest BCUT2D eigenvalue weighted by molar-refractivity contribution is 5.88. The molecule has 0 radical (unpaired) electrons. The molecule has 3 rings (SSSR count). The zero-order valence-electron chi connectivity index (χ0n) is 17.9. The third-order valence-corrected chi connectivity index (χ3v) is 6.34. The van der Waals surface area contributed by atoms with Gasteiger partial charge in [0.25, 0.3) is 0 Å². The molecule has 0 bridgehead atoms. The second-order valence-electron chi connectivity index (χ2n) is 8.42. The van der Waals surface area contributed by atoms with Crippen LogP contribution in [0, 0.1) is 6.92 Å².